The Morgan fingerprint density at radius 2 is 0.981 bits per heavy atom. The van der Waals surface area contributed by atoms with Crippen molar-refractivity contribution in [3.8, 4) is 0 Å². The molecular weight excluding hydrogens is 689 g/mol. The highest BCUT2D eigenvalue weighted by molar-refractivity contribution is 7.47. The molecule has 0 aliphatic rings. The Morgan fingerprint density at radius 1 is 0.566 bits per heavy atom. The lowest BCUT2D eigenvalue weighted by Gasteiger charge is -2.19. The Morgan fingerprint density at radius 3 is 1.47 bits per heavy atom. The topological polar surface area (TPSA) is 134 Å². The maximum Gasteiger partial charge on any atom is 0.472 e. The number of esters is 2. The molecule has 0 saturated carbocycles. The summed E-state index contributed by atoms with van der Waals surface area (Å²) in [7, 11) is -4.37. The second kappa shape index (κ2) is 40.2. The van der Waals surface area contributed by atoms with E-state index in [2.05, 4.69) is 38.2 Å². The van der Waals surface area contributed by atoms with E-state index in [1.165, 1.54) is 122 Å². The van der Waals surface area contributed by atoms with E-state index in [-0.39, 0.29) is 38.6 Å². The van der Waals surface area contributed by atoms with Crippen LogP contribution in [-0.4, -0.2) is 49.3 Å². The van der Waals surface area contributed by atoms with Crippen molar-refractivity contribution in [3.05, 3.63) is 24.3 Å². The second-order valence-corrected chi connectivity index (χ2v) is 16.0. The van der Waals surface area contributed by atoms with Gasteiger partial charge in [-0.2, -0.15) is 0 Å². The number of allylic oxidation sites excluding steroid dienone is 4. The molecule has 0 fully saturated rings. The largest absolute Gasteiger partial charge is 0.472 e. The Hall–Kier alpha value is -1.51. The molecule has 3 N–H and O–H groups in total. The van der Waals surface area contributed by atoms with Crippen molar-refractivity contribution in [3.63, 3.8) is 0 Å². The predicted molar refractivity (Wildman–Crippen MR) is 220 cm³/mol. The third-order valence-electron chi connectivity index (χ3n) is 9.34. The molecule has 9 nitrogen and oxygen atoms in total. The number of hydrogen-bond donors (Lipinski definition) is 2. The van der Waals surface area contributed by atoms with E-state index in [0.717, 1.165) is 51.4 Å². The lowest BCUT2D eigenvalue weighted by molar-refractivity contribution is -0.161. The maximum atomic E-state index is 12.6. The lowest BCUT2D eigenvalue weighted by Crippen LogP contribution is -2.29. The summed E-state index contributed by atoms with van der Waals surface area (Å²) in [5, 5.41) is 0. The van der Waals surface area contributed by atoms with Crippen LogP contribution in [0.5, 0.6) is 0 Å². The van der Waals surface area contributed by atoms with Crippen LogP contribution >= 0.6 is 7.82 Å². The maximum absolute atomic E-state index is 12.6. The zero-order chi connectivity index (χ0) is 38.9. The van der Waals surface area contributed by atoms with Crippen molar-refractivity contribution >= 4 is 19.8 Å². The van der Waals surface area contributed by atoms with Crippen molar-refractivity contribution in [1.29, 1.82) is 0 Å². The van der Waals surface area contributed by atoms with Crippen molar-refractivity contribution in [2.24, 2.45) is 5.73 Å². The van der Waals surface area contributed by atoms with Crippen molar-refractivity contribution < 1.29 is 37.6 Å². The van der Waals surface area contributed by atoms with Crippen LogP contribution < -0.4 is 5.73 Å². The molecule has 0 radical (unpaired) electrons. The number of hydrogen-bond acceptors (Lipinski definition) is 8. The summed E-state index contributed by atoms with van der Waals surface area (Å²) in [5.74, 6) is -0.830. The second-order valence-electron chi connectivity index (χ2n) is 14.6. The van der Waals surface area contributed by atoms with Crippen molar-refractivity contribution in [2.75, 3.05) is 26.4 Å². The summed E-state index contributed by atoms with van der Waals surface area (Å²) in [4.78, 5) is 34.9. The lowest BCUT2D eigenvalue weighted by atomic mass is 10.0. The summed E-state index contributed by atoms with van der Waals surface area (Å²) < 4.78 is 32.8. The first-order chi connectivity index (χ1) is 25.8. The van der Waals surface area contributed by atoms with Gasteiger partial charge in [-0.05, 0) is 44.9 Å². The SMILES string of the molecule is CCCCCC=CCC=CCCCCCCCCCC(=O)O[C@H](COC(=O)CCCCCCCCCCCCCCCCC)COP(=O)(O)OCCN. The fourth-order valence-electron chi connectivity index (χ4n) is 6.08. The molecule has 0 aromatic rings. The molecule has 0 aliphatic carbocycles. The van der Waals surface area contributed by atoms with Crippen LogP contribution in [0.4, 0.5) is 0 Å². The molecule has 2 atom stereocenters. The van der Waals surface area contributed by atoms with E-state index >= 15 is 0 Å². The minimum atomic E-state index is -4.37. The van der Waals surface area contributed by atoms with Crippen molar-refractivity contribution in [2.45, 2.75) is 213 Å². The van der Waals surface area contributed by atoms with Gasteiger partial charge in [0.2, 0.25) is 0 Å². The molecule has 0 bridgehead atoms. The molecule has 53 heavy (non-hydrogen) atoms. The zero-order valence-corrected chi connectivity index (χ0v) is 35.2. The molecule has 0 spiro atoms. The van der Waals surface area contributed by atoms with Gasteiger partial charge in [-0.3, -0.25) is 18.6 Å². The zero-order valence-electron chi connectivity index (χ0n) is 34.3. The Bertz CT molecular complexity index is 928. The summed E-state index contributed by atoms with van der Waals surface area (Å²) in [6, 6.07) is 0. The van der Waals surface area contributed by atoms with Gasteiger partial charge in [-0.25, -0.2) is 4.57 Å². The van der Waals surface area contributed by atoms with Crippen LogP contribution in [0.3, 0.4) is 0 Å². The van der Waals surface area contributed by atoms with E-state index in [4.69, 9.17) is 24.3 Å². The molecule has 1 unspecified atom stereocenters. The van der Waals surface area contributed by atoms with E-state index in [1.54, 1.807) is 0 Å². The van der Waals surface area contributed by atoms with Gasteiger partial charge < -0.3 is 20.1 Å². The highest BCUT2D eigenvalue weighted by Gasteiger charge is 2.26. The Kier molecular flexibility index (Phi) is 39.0. The Balaban J connectivity index is 4.14. The summed E-state index contributed by atoms with van der Waals surface area (Å²) in [5.41, 5.74) is 5.35. The van der Waals surface area contributed by atoms with E-state index in [0.29, 0.717) is 6.42 Å². The Labute approximate surface area is 325 Å². The van der Waals surface area contributed by atoms with Crippen LogP contribution in [0.15, 0.2) is 24.3 Å². The smallest absolute Gasteiger partial charge is 0.462 e. The number of unbranched alkanes of at least 4 members (excludes halogenated alkanes) is 24. The molecule has 0 aliphatic heterocycles. The third-order valence-corrected chi connectivity index (χ3v) is 10.3. The number of ether oxygens (including phenoxy) is 2. The van der Waals surface area contributed by atoms with Crippen molar-refractivity contribution in [1.82, 2.24) is 0 Å². The standard InChI is InChI=1S/C43H82NO8P/c1-3-5-7-9-11-13-15-17-19-20-22-24-26-28-30-32-34-36-43(46)52-41(40-51-53(47,48)50-38-37-44)39-49-42(45)35-33-31-29-27-25-23-21-18-16-14-12-10-8-6-4-2/h11,13,17,19,41H,3-10,12,14-16,18,20-40,44H2,1-2H3,(H,47,48)/t41-/m1/s1. The monoisotopic (exact) mass is 772 g/mol. The van der Waals surface area contributed by atoms with E-state index < -0.39 is 26.5 Å². The number of rotatable bonds is 41. The van der Waals surface area contributed by atoms with Crippen LogP contribution in [0.25, 0.3) is 0 Å². The molecule has 0 rings (SSSR count). The van der Waals surface area contributed by atoms with Gasteiger partial charge in [0.15, 0.2) is 6.10 Å². The van der Waals surface area contributed by atoms with Gasteiger partial charge in [0, 0.05) is 19.4 Å². The number of carbonyl (C=O) groups is 2. The molecule has 0 aromatic carbocycles. The van der Waals surface area contributed by atoms with Gasteiger partial charge in [0.25, 0.3) is 0 Å². The molecule has 0 aromatic heterocycles. The number of phosphoric acid groups is 1. The summed E-state index contributed by atoms with van der Waals surface area (Å²) in [6.07, 6.45) is 42.0. The number of phosphoric ester groups is 1. The molecule has 312 valence electrons. The minimum Gasteiger partial charge on any atom is -0.462 e. The molecule has 10 heteroatoms. The van der Waals surface area contributed by atoms with E-state index in [9.17, 15) is 19.0 Å². The normalized spacial score (nSPS) is 13.5. The quantitative estimate of drug-likeness (QED) is 0.0269. The molecule has 0 heterocycles. The van der Waals surface area contributed by atoms with Crippen LogP contribution in [0.2, 0.25) is 0 Å². The highest BCUT2D eigenvalue weighted by atomic mass is 31.2. The fourth-order valence-corrected chi connectivity index (χ4v) is 6.84. The summed E-state index contributed by atoms with van der Waals surface area (Å²) >= 11 is 0. The average molecular weight is 772 g/mol. The van der Waals surface area contributed by atoms with Crippen LogP contribution in [0, 0.1) is 0 Å². The van der Waals surface area contributed by atoms with Crippen LogP contribution in [-0.2, 0) is 32.7 Å². The van der Waals surface area contributed by atoms with Gasteiger partial charge in [0.1, 0.15) is 6.61 Å². The first kappa shape index (κ1) is 51.5. The predicted octanol–water partition coefficient (Wildman–Crippen LogP) is 12.4. The van der Waals surface area contributed by atoms with E-state index in [1.807, 2.05) is 0 Å². The molecular formula is C43H82NO8P. The average Bonchev–Trinajstić information content (AvgIpc) is 3.14. The first-order valence-corrected chi connectivity index (χ1v) is 23.3. The fraction of sp³-hybridized carbons (Fsp3) is 0.860. The third kappa shape index (κ3) is 40.0. The first-order valence-electron chi connectivity index (χ1n) is 21.8. The highest BCUT2D eigenvalue weighted by Crippen LogP contribution is 2.43. The molecule has 0 saturated heterocycles. The van der Waals surface area contributed by atoms with Gasteiger partial charge in [-0.1, -0.05) is 173 Å². The number of nitrogens with two attached hydrogens (primary N) is 1. The van der Waals surface area contributed by atoms with Crippen LogP contribution in [0.1, 0.15) is 206 Å². The summed E-state index contributed by atoms with van der Waals surface area (Å²) in [6.45, 7) is 3.72. The van der Waals surface area contributed by atoms with Gasteiger partial charge in [-0.15, -0.1) is 0 Å². The van der Waals surface area contributed by atoms with Gasteiger partial charge in [0.05, 0.1) is 13.2 Å². The molecule has 0 amide bonds. The number of carbonyl (C=O) groups excluding carboxylic acids is 2. The minimum absolute atomic E-state index is 0.0535. The van der Waals surface area contributed by atoms with Gasteiger partial charge >= 0.3 is 19.8 Å².